The van der Waals surface area contributed by atoms with Crippen LogP contribution >= 0.6 is 23.2 Å². The topological polar surface area (TPSA) is 83.2 Å². The Hall–Kier alpha value is -2.97. The van der Waals surface area contributed by atoms with E-state index >= 15 is 0 Å². The zero-order chi connectivity index (χ0) is 20.4. The molecular formula is C19H13Cl2FN4O3. The Balaban J connectivity index is 1.77. The monoisotopic (exact) mass is 434 g/mol. The molecule has 0 aliphatic carbocycles. The minimum atomic E-state index is -0.549. The van der Waals surface area contributed by atoms with E-state index in [1.807, 2.05) is 6.92 Å². The second-order valence-electron chi connectivity index (χ2n) is 5.90. The summed E-state index contributed by atoms with van der Waals surface area (Å²) in [6, 6.07) is 6.06. The fraction of sp³-hybridized carbons (Fsp3) is 0.158. The van der Waals surface area contributed by atoms with E-state index in [-0.39, 0.29) is 29.2 Å². The lowest BCUT2D eigenvalue weighted by atomic mass is 10.2. The lowest BCUT2D eigenvalue weighted by Gasteiger charge is -2.06. The summed E-state index contributed by atoms with van der Waals surface area (Å²) < 4.78 is 30.3. The molecule has 0 saturated carbocycles. The lowest BCUT2D eigenvalue weighted by molar-refractivity contribution is 0.302. The van der Waals surface area contributed by atoms with E-state index in [2.05, 4.69) is 19.9 Å². The maximum Gasteiger partial charge on any atom is 0.328 e. The normalized spacial score (nSPS) is 11.0. The van der Waals surface area contributed by atoms with Gasteiger partial charge in [-0.15, -0.1) is 0 Å². The molecule has 0 atom stereocenters. The van der Waals surface area contributed by atoms with Crippen molar-refractivity contribution in [2.45, 2.75) is 13.3 Å². The second-order valence-corrected chi connectivity index (χ2v) is 6.72. The van der Waals surface area contributed by atoms with Crippen LogP contribution in [0.25, 0.3) is 22.7 Å². The quantitative estimate of drug-likeness (QED) is 0.384. The third-order valence-electron chi connectivity index (χ3n) is 3.70. The van der Waals surface area contributed by atoms with Gasteiger partial charge in [0.1, 0.15) is 5.82 Å². The highest BCUT2D eigenvalue weighted by atomic mass is 35.5. The molecule has 0 amide bonds. The van der Waals surface area contributed by atoms with Crippen molar-refractivity contribution in [3.05, 3.63) is 52.5 Å². The molecule has 0 bridgehead atoms. The summed E-state index contributed by atoms with van der Waals surface area (Å²) in [5, 5.41) is 0.778. The third-order valence-corrected chi connectivity index (χ3v) is 4.44. The molecule has 7 nitrogen and oxygen atoms in total. The number of rotatable bonds is 6. The van der Waals surface area contributed by atoms with Gasteiger partial charge >= 0.3 is 6.01 Å². The van der Waals surface area contributed by atoms with Crippen LogP contribution in [0.15, 0.2) is 41.1 Å². The Bertz CT molecular complexity index is 1190. The average Bonchev–Trinajstić information content (AvgIpc) is 3.12. The van der Waals surface area contributed by atoms with Gasteiger partial charge in [0.25, 0.3) is 11.6 Å². The van der Waals surface area contributed by atoms with Gasteiger partial charge in [-0.1, -0.05) is 30.1 Å². The molecule has 0 aliphatic heterocycles. The lowest BCUT2D eigenvalue weighted by Crippen LogP contribution is -2.01. The molecule has 29 heavy (non-hydrogen) atoms. The predicted molar refractivity (Wildman–Crippen MR) is 105 cm³/mol. The Labute approximate surface area is 174 Å². The van der Waals surface area contributed by atoms with Crippen molar-refractivity contribution in [1.29, 1.82) is 0 Å². The number of nitrogens with zero attached hydrogens (tertiary/aromatic N) is 4. The number of benzene rings is 1. The Morgan fingerprint density at radius 1 is 1.07 bits per heavy atom. The maximum absolute atomic E-state index is 13.4. The average molecular weight is 435 g/mol. The molecule has 0 fully saturated rings. The number of fused-ring (bicyclic) bond motifs is 1. The van der Waals surface area contributed by atoms with E-state index in [1.54, 1.807) is 18.2 Å². The minimum absolute atomic E-state index is 0.0900. The van der Waals surface area contributed by atoms with Crippen LogP contribution in [0, 0.1) is 5.82 Å². The first kappa shape index (κ1) is 19.4. The van der Waals surface area contributed by atoms with Gasteiger partial charge in [0.15, 0.2) is 11.3 Å². The van der Waals surface area contributed by atoms with Crippen molar-refractivity contribution in [3.63, 3.8) is 0 Å². The fourth-order valence-electron chi connectivity index (χ4n) is 2.43. The molecule has 0 N–H and O–H groups in total. The molecule has 148 valence electrons. The first-order valence-corrected chi connectivity index (χ1v) is 9.34. The van der Waals surface area contributed by atoms with E-state index in [4.69, 9.17) is 37.1 Å². The van der Waals surface area contributed by atoms with Crippen molar-refractivity contribution in [2.75, 3.05) is 6.61 Å². The SMILES string of the molecule is CCCOc1nc(Oc2cncc(F)c2)nc2oc(-c3ccc(Cl)c(Cl)c3)nc12. The van der Waals surface area contributed by atoms with E-state index < -0.39 is 5.82 Å². The van der Waals surface area contributed by atoms with Crippen LogP contribution in [0.5, 0.6) is 17.6 Å². The van der Waals surface area contributed by atoms with Crippen molar-refractivity contribution in [1.82, 2.24) is 19.9 Å². The smallest absolute Gasteiger partial charge is 0.328 e. The van der Waals surface area contributed by atoms with Crippen molar-refractivity contribution < 1.29 is 18.3 Å². The Kier molecular flexibility index (Phi) is 5.46. The zero-order valence-corrected chi connectivity index (χ0v) is 16.5. The van der Waals surface area contributed by atoms with E-state index in [0.29, 0.717) is 27.7 Å². The van der Waals surface area contributed by atoms with Crippen LogP contribution in [0.3, 0.4) is 0 Å². The van der Waals surface area contributed by atoms with Crippen molar-refractivity contribution in [2.24, 2.45) is 0 Å². The maximum atomic E-state index is 13.4. The molecule has 0 unspecified atom stereocenters. The second kappa shape index (κ2) is 8.18. The van der Waals surface area contributed by atoms with Gasteiger partial charge in [0.05, 0.1) is 29.0 Å². The van der Waals surface area contributed by atoms with Crippen molar-refractivity contribution >= 4 is 34.4 Å². The van der Waals surface area contributed by atoms with Gasteiger partial charge in [0.2, 0.25) is 5.89 Å². The van der Waals surface area contributed by atoms with Crippen LogP contribution in [0.2, 0.25) is 10.0 Å². The molecule has 4 rings (SSSR count). The van der Waals surface area contributed by atoms with Crippen molar-refractivity contribution in [3.8, 4) is 29.1 Å². The molecule has 3 heterocycles. The molecule has 3 aromatic heterocycles. The Morgan fingerprint density at radius 3 is 2.69 bits per heavy atom. The molecule has 10 heteroatoms. The van der Waals surface area contributed by atoms with Gasteiger partial charge in [-0.3, -0.25) is 4.98 Å². The largest absolute Gasteiger partial charge is 0.476 e. The van der Waals surface area contributed by atoms with Crippen LogP contribution in [-0.4, -0.2) is 26.5 Å². The van der Waals surface area contributed by atoms with Crippen LogP contribution in [-0.2, 0) is 0 Å². The number of ether oxygens (including phenoxy) is 2. The summed E-state index contributed by atoms with van der Waals surface area (Å²) >= 11 is 12.0. The zero-order valence-electron chi connectivity index (χ0n) is 15.0. The molecular weight excluding hydrogens is 422 g/mol. The molecule has 0 saturated heterocycles. The van der Waals surface area contributed by atoms with Crippen LogP contribution in [0.1, 0.15) is 13.3 Å². The summed E-state index contributed by atoms with van der Waals surface area (Å²) in [7, 11) is 0. The fourth-order valence-corrected chi connectivity index (χ4v) is 2.73. The molecule has 4 aromatic rings. The summed E-state index contributed by atoms with van der Waals surface area (Å²) in [6.45, 7) is 2.36. The summed E-state index contributed by atoms with van der Waals surface area (Å²) in [6.07, 6.45) is 3.16. The highest BCUT2D eigenvalue weighted by Crippen LogP contribution is 2.33. The van der Waals surface area contributed by atoms with Gasteiger partial charge in [-0.25, -0.2) is 9.37 Å². The summed E-state index contributed by atoms with van der Waals surface area (Å²) in [5.41, 5.74) is 1.08. The first-order chi connectivity index (χ1) is 14.0. The summed E-state index contributed by atoms with van der Waals surface area (Å²) in [4.78, 5) is 16.6. The van der Waals surface area contributed by atoms with Crippen LogP contribution in [0.4, 0.5) is 4.39 Å². The highest BCUT2D eigenvalue weighted by molar-refractivity contribution is 6.42. The summed E-state index contributed by atoms with van der Waals surface area (Å²) in [5.74, 6) is 0.0349. The standard InChI is InChI=1S/C19H13Cl2FN4O3/c1-2-5-27-17-15-18(26-19(25-17)28-12-7-11(22)8-23-9-12)29-16(24-15)10-3-4-13(20)14(21)6-10/h3-4,6-9H,2,5H2,1H3. The number of halogens is 3. The predicted octanol–water partition coefficient (Wildman–Crippen LogP) is 5.71. The molecule has 0 aliphatic rings. The molecule has 0 radical (unpaired) electrons. The van der Waals surface area contributed by atoms with Gasteiger partial charge in [-0.05, 0) is 24.6 Å². The highest BCUT2D eigenvalue weighted by Gasteiger charge is 2.19. The number of hydrogen-bond acceptors (Lipinski definition) is 7. The number of oxazole rings is 1. The first-order valence-electron chi connectivity index (χ1n) is 8.58. The number of aromatic nitrogens is 4. The Morgan fingerprint density at radius 2 is 1.93 bits per heavy atom. The third kappa shape index (κ3) is 4.23. The molecule has 0 spiro atoms. The number of hydrogen-bond donors (Lipinski definition) is 0. The van der Waals surface area contributed by atoms with E-state index in [0.717, 1.165) is 18.7 Å². The van der Waals surface area contributed by atoms with Gasteiger partial charge in [0, 0.05) is 11.6 Å². The van der Waals surface area contributed by atoms with Crippen LogP contribution < -0.4 is 9.47 Å². The minimum Gasteiger partial charge on any atom is -0.476 e. The van der Waals surface area contributed by atoms with E-state index in [1.165, 1.54) is 6.20 Å². The van der Waals surface area contributed by atoms with Gasteiger partial charge < -0.3 is 13.9 Å². The van der Waals surface area contributed by atoms with E-state index in [9.17, 15) is 4.39 Å². The molecule has 1 aromatic carbocycles. The number of pyridine rings is 1. The van der Waals surface area contributed by atoms with Gasteiger partial charge in [-0.2, -0.15) is 9.97 Å².